The molecular weight excluding hydrogens is 228 g/mol. The number of nitrogens with one attached hydrogen (secondary N) is 1. The molecule has 0 amide bonds. The van der Waals surface area contributed by atoms with Crippen molar-refractivity contribution in [1.29, 1.82) is 0 Å². The largest absolute Gasteiger partial charge is 0.481 e. The van der Waals surface area contributed by atoms with E-state index in [0.29, 0.717) is 17.4 Å². The Hall–Kier alpha value is -1.49. The van der Waals surface area contributed by atoms with E-state index in [4.69, 9.17) is 10.5 Å². The molecule has 0 bridgehead atoms. The summed E-state index contributed by atoms with van der Waals surface area (Å²) in [5.74, 6) is 1.25. The lowest BCUT2D eigenvalue weighted by atomic mass is 9.93. The number of hydrogen-bond donors (Lipinski definition) is 2. The molecule has 18 heavy (non-hydrogen) atoms. The van der Waals surface area contributed by atoms with Crippen molar-refractivity contribution in [2.45, 2.75) is 13.8 Å². The maximum atomic E-state index is 5.88. The van der Waals surface area contributed by atoms with Crippen molar-refractivity contribution in [3.05, 3.63) is 12.1 Å². The molecule has 0 radical (unpaired) electrons. The fourth-order valence-corrected chi connectivity index (χ4v) is 1.94. The maximum absolute atomic E-state index is 5.88. The third-order valence-electron chi connectivity index (χ3n) is 2.59. The first-order valence-electron chi connectivity index (χ1n) is 6.03. The van der Waals surface area contributed by atoms with Crippen molar-refractivity contribution in [1.82, 2.24) is 9.88 Å². The van der Waals surface area contributed by atoms with Gasteiger partial charge in [0.1, 0.15) is 0 Å². The second-order valence-electron chi connectivity index (χ2n) is 5.55. The summed E-state index contributed by atoms with van der Waals surface area (Å²) in [7, 11) is 5.73. The lowest BCUT2D eigenvalue weighted by Gasteiger charge is -2.28. The molecule has 0 unspecified atom stereocenters. The quantitative estimate of drug-likeness (QED) is 0.806. The highest BCUT2D eigenvalue weighted by Gasteiger charge is 2.19. The zero-order valence-electron chi connectivity index (χ0n) is 11.9. The summed E-state index contributed by atoms with van der Waals surface area (Å²) in [6.45, 7) is 6.20. The second kappa shape index (κ2) is 5.91. The van der Waals surface area contributed by atoms with Crippen molar-refractivity contribution in [3.63, 3.8) is 0 Å². The number of rotatable bonds is 6. The fourth-order valence-electron chi connectivity index (χ4n) is 1.94. The number of aromatic nitrogens is 1. The van der Waals surface area contributed by atoms with Crippen LogP contribution in [0.25, 0.3) is 0 Å². The number of pyridine rings is 1. The van der Waals surface area contributed by atoms with Crippen LogP contribution >= 0.6 is 0 Å². The molecule has 0 aliphatic carbocycles. The predicted octanol–water partition coefficient (Wildman–Crippen LogP) is 1.67. The fraction of sp³-hybridized carbons (Fsp3) is 0.615. The van der Waals surface area contributed by atoms with Crippen molar-refractivity contribution in [2.24, 2.45) is 5.41 Å². The molecule has 5 nitrogen and oxygen atoms in total. The predicted molar refractivity (Wildman–Crippen MR) is 76.0 cm³/mol. The van der Waals surface area contributed by atoms with Crippen LogP contribution in [0.1, 0.15) is 13.8 Å². The molecule has 0 aliphatic rings. The van der Waals surface area contributed by atoms with Gasteiger partial charge in [-0.2, -0.15) is 4.98 Å². The zero-order valence-corrected chi connectivity index (χ0v) is 11.9. The Morgan fingerprint density at radius 3 is 2.61 bits per heavy atom. The van der Waals surface area contributed by atoms with Crippen LogP contribution in [0.15, 0.2) is 12.1 Å². The minimum Gasteiger partial charge on any atom is -0.481 e. The van der Waals surface area contributed by atoms with Crippen LogP contribution in [0, 0.1) is 5.41 Å². The Morgan fingerprint density at radius 2 is 2.06 bits per heavy atom. The van der Waals surface area contributed by atoms with Gasteiger partial charge < -0.3 is 20.7 Å². The van der Waals surface area contributed by atoms with Gasteiger partial charge in [-0.15, -0.1) is 0 Å². The van der Waals surface area contributed by atoms with E-state index in [1.165, 1.54) is 0 Å². The van der Waals surface area contributed by atoms with E-state index in [1.807, 2.05) is 0 Å². The molecule has 0 aliphatic heterocycles. The zero-order chi connectivity index (χ0) is 13.8. The highest BCUT2D eigenvalue weighted by atomic mass is 16.5. The number of ether oxygens (including phenoxy) is 1. The molecule has 102 valence electrons. The van der Waals surface area contributed by atoms with E-state index in [-0.39, 0.29) is 5.41 Å². The number of hydrogen-bond acceptors (Lipinski definition) is 5. The third kappa shape index (κ3) is 4.41. The van der Waals surface area contributed by atoms with Gasteiger partial charge in [-0.3, -0.25) is 0 Å². The first-order valence-corrected chi connectivity index (χ1v) is 6.03. The van der Waals surface area contributed by atoms with E-state index in [0.717, 1.165) is 13.1 Å². The van der Waals surface area contributed by atoms with E-state index in [2.05, 4.69) is 43.1 Å². The summed E-state index contributed by atoms with van der Waals surface area (Å²) < 4.78 is 5.09. The average molecular weight is 252 g/mol. The number of nitrogens with zero attached hydrogens (tertiary/aromatic N) is 2. The molecule has 0 atom stereocenters. The summed E-state index contributed by atoms with van der Waals surface area (Å²) in [6.07, 6.45) is 0. The summed E-state index contributed by atoms with van der Waals surface area (Å²) in [6, 6.07) is 3.55. The molecule has 3 N–H and O–H groups in total. The minimum atomic E-state index is 0.140. The van der Waals surface area contributed by atoms with Crippen molar-refractivity contribution < 1.29 is 4.74 Å². The second-order valence-corrected chi connectivity index (χ2v) is 5.55. The van der Waals surface area contributed by atoms with Gasteiger partial charge in [0.25, 0.3) is 0 Å². The molecule has 1 aromatic rings. The van der Waals surface area contributed by atoms with E-state index < -0.39 is 0 Å². The van der Waals surface area contributed by atoms with Crippen LogP contribution < -0.4 is 15.8 Å². The van der Waals surface area contributed by atoms with Gasteiger partial charge >= 0.3 is 0 Å². The first kappa shape index (κ1) is 14.6. The number of nitrogen functional groups attached to an aromatic ring is 1. The molecule has 1 rings (SSSR count). The van der Waals surface area contributed by atoms with Gasteiger partial charge in [-0.05, 0) is 25.6 Å². The highest BCUT2D eigenvalue weighted by Crippen LogP contribution is 2.22. The Morgan fingerprint density at radius 1 is 1.39 bits per heavy atom. The van der Waals surface area contributed by atoms with Crippen LogP contribution in [0.4, 0.5) is 11.5 Å². The van der Waals surface area contributed by atoms with Gasteiger partial charge in [-0.1, -0.05) is 13.8 Å². The molecule has 0 saturated heterocycles. The maximum Gasteiger partial charge on any atom is 0.215 e. The standard InChI is InChI=1S/C13H24N4O/c1-13(2,9-17(3)4)8-15-12-10(14)6-7-11(16-12)18-5/h6-7H,8-9,14H2,1-5H3,(H,15,16). The van der Waals surface area contributed by atoms with E-state index in [1.54, 1.807) is 19.2 Å². The molecule has 0 saturated carbocycles. The van der Waals surface area contributed by atoms with Gasteiger partial charge in [0.05, 0.1) is 12.8 Å². The van der Waals surface area contributed by atoms with Crippen molar-refractivity contribution in [2.75, 3.05) is 45.3 Å². The minimum absolute atomic E-state index is 0.140. The summed E-state index contributed by atoms with van der Waals surface area (Å²) in [5.41, 5.74) is 6.66. The Kier molecular flexibility index (Phi) is 4.78. The van der Waals surface area contributed by atoms with Gasteiger partial charge in [-0.25, -0.2) is 0 Å². The van der Waals surface area contributed by atoms with Crippen LogP contribution in [-0.2, 0) is 0 Å². The average Bonchev–Trinajstić information content (AvgIpc) is 2.26. The lowest BCUT2D eigenvalue weighted by molar-refractivity contribution is 0.254. The Balaban J connectivity index is 2.67. The number of anilines is 2. The van der Waals surface area contributed by atoms with Gasteiger partial charge in [0.15, 0.2) is 5.82 Å². The van der Waals surface area contributed by atoms with Crippen LogP contribution in [0.5, 0.6) is 5.88 Å². The van der Waals surface area contributed by atoms with Crippen LogP contribution in [-0.4, -0.2) is 44.2 Å². The molecule has 0 fully saturated rings. The molecule has 0 spiro atoms. The van der Waals surface area contributed by atoms with E-state index >= 15 is 0 Å². The molecule has 1 heterocycles. The van der Waals surface area contributed by atoms with Crippen LogP contribution in [0.3, 0.4) is 0 Å². The topological polar surface area (TPSA) is 63.4 Å². The summed E-state index contributed by atoms with van der Waals surface area (Å²) in [4.78, 5) is 6.47. The summed E-state index contributed by atoms with van der Waals surface area (Å²) >= 11 is 0. The summed E-state index contributed by atoms with van der Waals surface area (Å²) in [5, 5.41) is 3.29. The third-order valence-corrected chi connectivity index (χ3v) is 2.59. The molecular formula is C13H24N4O. The normalized spacial score (nSPS) is 11.7. The van der Waals surface area contributed by atoms with Crippen molar-refractivity contribution >= 4 is 11.5 Å². The smallest absolute Gasteiger partial charge is 0.215 e. The van der Waals surface area contributed by atoms with Gasteiger partial charge in [0.2, 0.25) is 5.88 Å². The SMILES string of the molecule is COc1ccc(N)c(NCC(C)(C)CN(C)C)n1. The van der Waals surface area contributed by atoms with Crippen LogP contribution in [0.2, 0.25) is 0 Å². The highest BCUT2D eigenvalue weighted by molar-refractivity contribution is 5.62. The van der Waals surface area contributed by atoms with E-state index in [9.17, 15) is 0 Å². The monoisotopic (exact) mass is 252 g/mol. The molecule has 1 aromatic heterocycles. The molecule has 5 heteroatoms. The Bertz CT molecular complexity index is 391. The first-order chi connectivity index (χ1) is 8.34. The number of methoxy groups -OCH3 is 1. The molecule has 0 aromatic carbocycles. The lowest BCUT2D eigenvalue weighted by Crippen LogP contribution is -2.34. The number of nitrogens with two attached hydrogens (primary N) is 1. The Labute approximate surface area is 109 Å². The van der Waals surface area contributed by atoms with Crippen molar-refractivity contribution in [3.8, 4) is 5.88 Å². The van der Waals surface area contributed by atoms with Gasteiger partial charge in [0, 0.05) is 19.2 Å².